The molecule has 2 amide bonds. The molecule has 1 aliphatic carbocycles. The van der Waals surface area contributed by atoms with E-state index < -0.39 is 15.9 Å². The van der Waals surface area contributed by atoms with Crippen molar-refractivity contribution in [3.05, 3.63) is 51.2 Å². The zero-order valence-electron chi connectivity index (χ0n) is 13.5. The van der Waals surface area contributed by atoms with Gasteiger partial charge in [-0.2, -0.15) is 0 Å². The normalized spacial score (nSPS) is 13.3. The van der Waals surface area contributed by atoms with Crippen LogP contribution >= 0.6 is 11.3 Å². The van der Waals surface area contributed by atoms with Crippen molar-refractivity contribution in [1.29, 1.82) is 0 Å². The average Bonchev–Trinajstić information content (AvgIpc) is 3.21. The van der Waals surface area contributed by atoms with Crippen LogP contribution in [0.3, 0.4) is 0 Å². The number of fused-ring (bicyclic) bond motifs is 1. The van der Waals surface area contributed by atoms with Gasteiger partial charge in [0.25, 0.3) is 21.8 Å². The molecule has 0 fully saturated rings. The molecular formula is C16H17N3O4S2. The monoisotopic (exact) mass is 379 g/mol. The van der Waals surface area contributed by atoms with Gasteiger partial charge >= 0.3 is 0 Å². The quantitative estimate of drug-likeness (QED) is 0.680. The van der Waals surface area contributed by atoms with E-state index in [1.165, 1.54) is 53.1 Å². The molecule has 0 bridgehead atoms. The summed E-state index contributed by atoms with van der Waals surface area (Å²) in [6.45, 7) is 0. The van der Waals surface area contributed by atoms with Gasteiger partial charge in [0.15, 0.2) is 0 Å². The molecule has 3 rings (SSSR count). The molecule has 3 N–H and O–H groups in total. The summed E-state index contributed by atoms with van der Waals surface area (Å²) >= 11 is 1.39. The second-order valence-electron chi connectivity index (χ2n) is 5.58. The molecule has 9 heteroatoms. The second-order valence-corrected chi connectivity index (χ2v) is 8.39. The first-order valence-corrected chi connectivity index (χ1v) is 9.96. The van der Waals surface area contributed by atoms with Crippen molar-refractivity contribution >= 4 is 33.2 Å². The Kier molecular flexibility index (Phi) is 4.89. The first-order chi connectivity index (χ1) is 11.9. The Morgan fingerprint density at radius 3 is 2.44 bits per heavy atom. The summed E-state index contributed by atoms with van der Waals surface area (Å²) in [5.41, 5.74) is 3.74. The molecule has 0 spiro atoms. The van der Waals surface area contributed by atoms with Crippen LogP contribution in [0.15, 0.2) is 35.2 Å². The molecule has 0 aliphatic heterocycles. The van der Waals surface area contributed by atoms with E-state index in [4.69, 9.17) is 0 Å². The fraction of sp³-hybridized carbons (Fsp3) is 0.250. The van der Waals surface area contributed by atoms with Crippen LogP contribution < -0.4 is 15.6 Å². The van der Waals surface area contributed by atoms with E-state index in [0.29, 0.717) is 10.4 Å². The van der Waals surface area contributed by atoms with Crippen LogP contribution in [0, 0.1) is 0 Å². The lowest BCUT2D eigenvalue weighted by Gasteiger charge is -2.08. The van der Waals surface area contributed by atoms with Crippen molar-refractivity contribution in [1.82, 2.24) is 15.6 Å². The lowest BCUT2D eigenvalue weighted by Crippen LogP contribution is -2.41. The number of nitrogens with one attached hydrogen (secondary N) is 3. The fourth-order valence-corrected chi connectivity index (χ4v) is 4.59. The minimum absolute atomic E-state index is 0.0471. The van der Waals surface area contributed by atoms with Crippen LogP contribution in [-0.4, -0.2) is 27.3 Å². The molecule has 7 nitrogen and oxygen atoms in total. The summed E-state index contributed by atoms with van der Waals surface area (Å²) in [5.74, 6) is -0.791. The molecule has 0 saturated carbocycles. The van der Waals surface area contributed by atoms with E-state index in [-0.39, 0.29) is 10.8 Å². The maximum atomic E-state index is 12.2. The number of rotatable bonds is 5. The maximum Gasteiger partial charge on any atom is 0.276 e. The molecule has 2 aromatic rings. The summed E-state index contributed by atoms with van der Waals surface area (Å²) < 4.78 is 24.5. The Hall–Kier alpha value is -2.23. The van der Waals surface area contributed by atoms with Gasteiger partial charge in [-0.3, -0.25) is 15.0 Å². The molecule has 0 radical (unpaired) electrons. The molecule has 1 aromatic heterocycles. The minimum atomic E-state index is -3.92. The summed E-state index contributed by atoms with van der Waals surface area (Å²) in [6, 6.07) is 7.23. The number of benzene rings is 1. The second kappa shape index (κ2) is 6.95. The third kappa shape index (κ3) is 3.73. The van der Waals surface area contributed by atoms with E-state index in [1.54, 1.807) is 0 Å². The molecule has 0 saturated heterocycles. The number of hydrazine groups is 1. The van der Waals surface area contributed by atoms with Crippen LogP contribution in [0.2, 0.25) is 0 Å². The Morgan fingerprint density at radius 1 is 1.08 bits per heavy atom. The minimum Gasteiger partial charge on any atom is -0.355 e. The highest BCUT2D eigenvalue weighted by Crippen LogP contribution is 2.30. The largest absolute Gasteiger partial charge is 0.355 e. The predicted octanol–water partition coefficient (Wildman–Crippen LogP) is 1.22. The van der Waals surface area contributed by atoms with Crippen LogP contribution in [0.4, 0.5) is 0 Å². The van der Waals surface area contributed by atoms with Gasteiger partial charge in [-0.15, -0.1) is 16.2 Å². The van der Waals surface area contributed by atoms with Gasteiger partial charge in [-0.05, 0) is 55.2 Å². The molecule has 1 aromatic carbocycles. The Labute approximate surface area is 149 Å². The highest BCUT2D eigenvalue weighted by molar-refractivity contribution is 7.89. The van der Waals surface area contributed by atoms with E-state index >= 15 is 0 Å². The number of hydrogen-bond acceptors (Lipinski definition) is 5. The Bertz CT molecular complexity index is 896. The third-order valence-corrected chi connectivity index (χ3v) is 6.42. The first-order valence-electron chi connectivity index (χ1n) is 7.66. The predicted molar refractivity (Wildman–Crippen MR) is 94.0 cm³/mol. The molecule has 25 heavy (non-hydrogen) atoms. The molecule has 0 atom stereocenters. The number of sulfonamides is 1. The van der Waals surface area contributed by atoms with E-state index in [0.717, 1.165) is 19.3 Å². The van der Waals surface area contributed by atoms with Gasteiger partial charge in [0, 0.05) is 17.5 Å². The van der Waals surface area contributed by atoms with Crippen molar-refractivity contribution in [3.8, 4) is 0 Å². The van der Waals surface area contributed by atoms with Crippen LogP contribution in [0.25, 0.3) is 0 Å². The standard InChI is InChI=1S/C16H17N3O4S2/c1-17-15(20)10-5-7-12(8-6-10)25(22,23)19-18-16(21)14-9-11-3-2-4-13(11)24-14/h5-9,19H,2-4H2,1H3,(H,17,20)(H,18,21). The highest BCUT2D eigenvalue weighted by Gasteiger charge is 2.20. The number of aryl methyl sites for hydroxylation is 2. The zero-order chi connectivity index (χ0) is 18.0. The van der Waals surface area contributed by atoms with Crippen molar-refractivity contribution in [2.24, 2.45) is 0 Å². The molecule has 1 aliphatic rings. The SMILES string of the molecule is CNC(=O)c1ccc(S(=O)(=O)NNC(=O)c2cc3c(s2)CCC3)cc1. The molecule has 1 heterocycles. The van der Waals surface area contributed by atoms with Gasteiger partial charge < -0.3 is 5.32 Å². The van der Waals surface area contributed by atoms with Crippen molar-refractivity contribution in [2.45, 2.75) is 24.2 Å². The molecule has 0 unspecified atom stereocenters. The number of thiophene rings is 1. The Balaban J connectivity index is 1.66. The summed E-state index contributed by atoms with van der Waals surface area (Å²) in [6.07, 6.45) is 3.03. The summed E-state index contributed by atoms with van der Waals surface area (Å²) in [5, 5.41) is 2.45. The number of carbonyl (C=O) groups excluding carboxylic acids is 2. The van der Waals surface area contributed by atoms with Gasteiger partial charge in [-0.25, -0.2) is 8.42 Å². The van der Waals surface area contributed by atoms with Gasteiger partial charge in [0.05, 0.1) is 9.77 Å². The lowest BCUT2D eigenvalue weighted by molar-refractivity contribution is 0.0946. The van der Waals surface area contributed by atoms with Crippen LogP contribution in [0.5, 0.6) is 0 Å². The van der Waals surface area contributed by atoms with Gasteiger partial charge in [0.1, 0.15) is 0 Å². The highest BCUT2D eigenvalue weighted by atomic mass is 32.2. The molecular weight excluding hydrogens is 362 g/mol. The van der Waals surface area contributed by atoms with Crippen LogP contribution in [0.1, 0.15) is 36.9 Å². The number of carbonyl (C=O) groups is 2. The van der Waals surface area contributed by atoms with Gasteiger partial charge in [-0.1, -0.05) is 0 Å². The molecule has 132 valence electrons. The third-order valence-electron chi connectivity index (χ3n) is 3.92. The van der Waals surface area contributed by atoms with Crippen molar-refractivity contribution in [2.75, 3.05) is 7.05 Å². The number of hydrogen-bond donors (Lipinski definition) is 3. The topological polar surface area (TPSA) is 104 Å². The van der Waals surface area contributed by atoms with E-state index in [1.807, 2.05) is 6.07 Å². The van der Waals surface area contributed by atoms with Crippen molar-refractivity contribution in [3.63, 3.8) is 0 Å². The van der Waals surface area contributed by atoms with E-state index in [2.05, 4.69) is 15.6 Å². The lowest BCUT2D eigenvalue weighted by atomic mass is 10.2. The Morgan fingerprint density at radius 2 is 1.80 bits per heavy atom. The summed E-state index contributed by atoms with van der Waals surface area (Å²) in [7, 11) is -2.43. The first kappa shape index (κ1) is 17.6. The smallest absolute Gasteiger partial charge is 0.276 e. The number of amides is 2. The summed E-state index contributed by atoms with van der Waals surface area (Å²) in [4.78, 5) is 27.3. The van der Waals surface area contributed by atoms with Crippen molar-refractivity contribution < 1.29 is 18.0 Å². The fourth-order valence-electron chi connectivity index (χ4n) is 2.60. The van der Waals surface area contributed by atoms with E-state index in [9.17, 15) is 18.0 Å². The average molecular weight is 379 g/mol. The van der Waals surface area contributed by atoms with Crippen LogP contribution in [-0.2, 0) is 22.9 Å². The zero-order valence-corrected chi connectivity index (χ0v) is 15.1. The van der Waals surface area contributed by atoms with Gasteiger partial charge in [0.2, 0.25) is 0 Å². The maximum absolute atomic E-state index is 12.2.